The molecule has 2 amide bonds. The largest absolute Gasteiger partial charge is 0.493 e. The zero-order chi connectivity index (χ0) is 26.7. The maximum absolute atomic E-state index is 13.2. The van der Waals surface area contributed by atoms with Crippen LogP contribution in [0.15, 0.2) is 71.7 Å². The molecule has 1 heterocycles. The smallest absolute Gasteiger partial charge is 0.238 e. The van der Waals surface area contributed by atoms with Gasteiger partial charge in [-0.05, 0) is 41.5 Å². The third-order valence-electron chi connectivity index (χ3n) is 5.82. The molecule has 1 unspecified atom stereocenters. The van der Waals surface area contributed by atoms with Crippen LogP contribution in [0.2, 0.25) is 0 Å². The lowest BCUT2D eigenvalue weighted by Crippen LogP contribution is -2.37. The minimum atomic E-state index is -3.74. The first-order chi connectivity index (χ1) is 17.6. The second-order valence-electron chi connectivity index (χ2n) is 8.33. The fourth-order valence-corrected chi connectivity index (χ4v) is 5.00. The predicted octanol–water partition coefficient (Wildman–Crippen LogP) is 2.81. The number of fused-ring (bicyclic) bond motifs is 1. The van der Waals surface area contributed by atoms with Gasteiger partial charge >= 0.3 is 0 Å². The molecule has 1 atom stereocenters. The molecule has 0 aromatic heterocycles. The van der Waals surface area contributed by atoms with E-state index in [1.54, 1.807) is 24.3 Å². The van der Waals surface area contributed by atoms with Gasteiger partial charge in [0.15, 0.2) is 11.5 Å². The van der Waals surface area contributed by atoms with E-state index in [1.807, 2.05) is 30.3 Å². The molecular weight excluding hydrogens is 496 g/mol. The number of carbonyl (C=O) groups excluding carboxylic acids is 2. The van der Waals surface area contributed by atoms with Crippen molar-refractivity contribution in [2.75, 3.05) is 36.6 Å². The van der Waals surface area contributed by atoms with Crippen LogP contribution in [0.1, 0.15) is 17.0 Å². The second-order valence-corrected chi connectivity index (χ2v) is 10.2. The topological polar surface area (TPSA) is 140 Å². The number of nitrogens with two attached hydrogens (primary N) is 1. The van der Waals surface area contributed by atoms with Gasteiger partial charge in [-0.2, -0.15) is 0 Å². The Labute approximate surface area is 214 Å². The number of anilines is 2. The zero-order valence-electron chi connectivity index (χ0n) is 20.5. The fourth-order valence-electron chi connectivity index (χ4n) is 4.14. The number of primary amides is 1. The SMILES string of the molecule is COc1cc2c(cc1OC)C(C(=Nc1ccc(N(CC(N)=O)S(C)(=O)=O)cc1)c1ccccc1)C(=O)N2. The molecule has 1 aliphatic rings. The molecule has 0 fully saturated rings. The molecule has 0 spiro atoms. The second kappa shape index (κ2) is 10.3. The number of ether oxygens (including phenoxy) is 2. The van der Waals surface area contributed by atoms with E-state index >= 15 is 0 Å². The Morgan fingerprint density at radius 3 is 2.22 bits per heavy atom. The Bertz CT molecular complexity index is 1470. The summed E-state index contributed by atoms with van der Waals surface area (Å²) >= 11 is 0. The number of sulfonamides is 1. The number of aliphatic imine (C=N–C) groups is 1. The van der Waals surface area contributed by atoms with Gasteiger partial charge < -0.3 is 20.5 Å². The van der Waals surface area contributed by atoms with Crippen LogP contribution in [0, 0.1) is 0 Å². The van der Waals surface area contributed by atoms with Gasteiger partial charge in [0.2, 0.25) is 21.8 Å². The Balaban J connectivity index is 1.80. The van der Waals surface area contributed by atoms with Crippen molar-refractivity contribution in [1.82, 2.24) is 0 Å². The maximum Gasteiger partial charge on any atom is 0.238 e. The lowest BCUT2D eigenvalue weighted by Gasteiger charge is -2.21. The maximum atomic E-state index is 13.2. The number of rotatable bonds is 9. The van der Waals surface area contributed by atoms with E-state index in [2.05, 4.69) is 5.32 Å². The van der Waals surface area contributed by atoms with Crippen LogP contribution in [0.5, 0.6) is 11.5 Å². The van der Waals surface area contributed by atoms with Gasteiger partial charge in [0.25, 0.3) is 0 Å². The van der Waals surface area contributed by atoms with Gasteiger partial charge in [0.05, 0.1) is 37.6 Å². The Morgan fingerprint density at radius 1 is 1.03 bits per heavy atom. The van der Waals surface area contributed by atoms with E-state index in [4.69, 9.17) is 20.2 Å². The number of methoxy groups -OCH3 is 2. The Hall–Kier alpha value is -4.38. The van der Waals surface area contributed by atoms with Crippen LogP contribution in [0.25, 0.3) is 0 Å². The summed E-state index contributed by atoms with van der Waals surface area (Å²) in [7, 11) is -0.692. The van der Waals surface area contributed by atoms with Crippen molar-refractivity contribution < 1.29 is 27.5 Å². The highest BCUT2D eigenvalue weighted by Crippen LogP contribution is 2.42. The minimum Gasteiger partial charge on any atom is -0.493 e. The van der Waals surface area contributed by atoms with E-state index in [9.17, 15) is 18.0 Å². The molecule has 0 radical (unpaired) electrons. The molecule has 192 valence electrons. The van der Waals surface area contributed by atoms with Gasteiger partial charge in [0, 0.05) is 11.8 Å². The standard InChI is InChI=1S/C26H26N4O6S/c1-35-21-13-19-20(14-22(21)36-2)29-26(32)24(19)25(16-7-5-4-6-8-16)28-17-9-11-18(12-10-17)30(15-23(27)31)37(3,33)34/h4-14,24H,15H2,1-3H3,(H2,27,31)(H,29,32). The van der Waals surface area contributed by atoms with Gasteiger partial charge in [-0.25, -0.2) is 8.42 Å². The van der Waals surface area contributed by atoms with Crippen LogP contribution < -0.4 is 24.8 Å². The molecule has 37 heavy (non-hydrogen) atoms. The average Bonchev–Trinajstić information content (AvgIpc) is 3.19. The van der Waals surface area contributed by atoms with Crippen molar-refractivity contribution in [3.8, 4) is 11.5 Å². The lowest BCUT2D eigenvalue weighted by molar-refractivity contribution is -0.117. The average molecular weight is 523 g/mol. The third-order valence-corrected chi connectivity index (χ3v) is 6.96. The first kappa shape index (κ1) is 25.7. The number of nitrogens with zero attached hydrogens (tertiary/aromatic N) is 2. The number of hydrogen-bond acceptors (Lipinski definition) is 7. The molecule has 0 saturated heterocycles. The highest BCUT2D eigenvalue weighted by Gasteiger charge is 2.36. The predicted molar refractivity (Wildman–Crippen MR) is 141 cm³/mol. The Kier molecular flexibility index (Phi) is 7.16. The summed E-state index contributed by atoms with van der Waals surface area (Å²) in [6, 6.07) is 19.0. The fraction of sp³-hybridized carbons (Fsp3) is 0.192. The molecule has 0 bridgehead atoms. The van der Waals surface area contributed by atoms with E-state index in [1.165, 1.54) is 26.4 Å². The van der Waals surface area contributed by atoms with Gasteiger partial charge in [-0.1, -0.05) is 30.3 Å². The highest BCUT2D eigenvalue weighted by molar-refractivity contribution is 7.92. The first-order valence-electron chi connectivity index (χ1n) is 11.2. The molecule has 4 rings (SSSR count). The normalized spacial score (nSPS) is 15.1. The number of amides is 2. The van der Waals surface area contributed by atoms with Gasteiger partial charge in [0.1, 0.15) is 12.5 Å². The van der Waals surface area contributed by atoms with Crippen molar-refractivity contribution in [2.24, 2.45) is 10.7 Å². The quantitative estimate of drug-likeness (QED) is 0.414. The number of hydrogen-bond donors (Lipinski definition) is 2. The molecule has 10 nitrogen and oxygen atoms in total. The van der Waals surface area contributed by atoms with Crippen molar-refractivity contribution in [2.45, 2.75) is 5.92 Å². The van der Waals surface area contributed by atoms with Crippen LogP contribution in [0.3, 0.4) is 0 Å². The van der Waals surface area contributed by atoms with Crippen LogP contribution in [0.4, 0.5) is 17.1 Å². The van der Waals surface area contributed by atoms with Crippen molar-refractivity contribution in [3.63, 3.8) is 0 Å². The van der Waals surface area contributed by atoms with Crippen molar-refractivity contribution >= 4 is 44.6 Å². The Morgan fingerprint density at radius 2 is 1.65 bits per heavy atom. The zero-order valence-corrected chi connectivity index (χ0v) is 21.3. The monoisotopic (exact) mass is 522 g/mol. The van der Waals surface area contributed by atoms with Crippen LogP contribution in [-0.4, -0.2) is 53.0 Å². The molecule has 11 heteroatoms. The summed E-state index contributed by atoms with van der Waals surface area (Å²) in [5.74, 6) is -0.803. The van der Waals surface area contributed by atoms with Crippen molar-refractivity contribution in [3.05, 3.63) is 77.9 Å². The molecule has 0 saturated carbocycles. The molecule has 3 N–H and O–H groups in total. The van der Waals surface area contributed by atoms with Gasteiger partial charge in [-0.15, -0.1) is 0 Å². The highest BCUT2D eigenvalue weighted by atomic mass is 32.2. The van der Waals surface area contributed by atoms with Crippen LogP contribution in [-0.2, 0) is 19.6 Å². The lowest BCUT2D eigenvalue weighted by atomic mass is 9.90. The molecule has 3 aromatic rings. The number of carbonyl (C=O) groups is 2. The van der Waals surface area contributed by atoms with Crippen molar-refractivity contribution in [1.29, 1.82) is 0 Å². The molecule has 0 aliphatic carbocycles. The summed E-state index contributed by atoms with van der Waals surface area (Å²) < 4.78 is 36.1. The van der Waals surface area contributed by atoms with Gasteiger partial charge in [-0.3, -0.25) is 18.9 Å². The van der Waals surface area contributed by atoms with E-state index in [0.29, 0.717) is 34.1 Å². The summed E-state index contributed by atoms with van der Waals surface area (Å²) in [5.41, 5.74) is 8.49. The molecular formula is C26H26N4O6S. The molecule has 1 aliphatic heterocycles. The van der Waals surface area contributed by atoms with E-state index in [0.717, 1.165) is 16.1 Å². The first-order valence-corrected chi connectivity index (χ1v) is 13.0. The summed E-state index contributed by atoms with van der Waals surface area (Å²) in [6.45, 7) is -0.485. The molecule has 3 aromatic carbocycles. The third kappa shape index (κ3) is 5.41. The minimum absolute atomic E-state index is 0.255. The van der Waals surface area contributed by atoms with Crippen LogP contribution >= 0.6 is 0 Å². The summed E-state index contributed by atoms with van der Waals surface area (Å²) in [6.07, 6.45) is 0.995. The number of nitrogens with one attached hydrogen (secondary N) is 1. The summed E-state index contributed by atoms with van der Waals surface area (Å²) in [4.78, 5) is 29.4. The number of benzene rings is 3. The van der Waals surface area contributed by atoms with E-state index < -0.39 is 28.4 Å². The summed E-state index contributed by atoms with van der Waals surface area (Å²) in [5, 5.41) is 2.90. The van der Waals surface area contributed by atoms with E-state index in [-0.39, 0.29) is 11.6 Å².